The molecule has 1 amide bonds. The fourth-order valence-corrected chi connectivity index (χ4v) is 1.78. The molecule has 0 spiro atoms. The van der Waals surface area contributed by atoms with Crippen molar-refractivity contribution in [1.82, 2.24) is 5.32 Å². The fourth-order valence-electron chi connectivity index (χ4n) is 1.78. The largest absolute Gasteiger partial charge is 0.493 e. The molecule has 0 aromatic heterocycles. The average molecular weight is 297 g/mol. The van der Waals surface area contributed by atoms with Gasteiger partial charge in [0.2, 0.25) is 11.7 Å². The van der Waals surface area contributed by atoms with Crippen LogP contribution >= 0.6 is 0 Å². The molecule has 0 fully saturated rings. The van der Waals surface area contributed by atoms with Crippen LogP contribution in [0.4, 0.5) is 0 Å². The lowest BCUT2D eigenvalue weighted by atomic mass is 10.1. The van der Waals surface area contributed by atoms with E-state index in [1.807, 2.05) is 0 Å². The average Bonchev–Trinajstić information content (AvgIpc) is 2.51. The second-order valence-electron chi connectivity index (χ2n) is 4.02. The number of ether oxygens (including phenoxy) is 4. The van der Waals surface area contributed by atoms with Gasteiger partial charge in [-0.3, -0.25) is 9.59 Å². The summed E-state index contributed by atoms with van der Waals surface area (Å²) in [5.74, 6) is 0.505. The van der Waals surface area contributed by atoms with Gasteiger partial charge in [0.05, 0.1) is 34.9 Å². The molecule has 0 saturated carbocycles. The zero-order valence-corrected chi connectivity index (χ0v) is 12.5. The van der Waals surface area contributed by atoms with Gasteiger partial charge in [0, 0.05) is 5.56 Å². The minimum Gasteiger partial charge on any atom is -0.493 e. The molecule has 7 nitrogen and oxygen atoms in total. The number of hydrogen-bond donors (Lipinski definition) is 1. The Balaban J connectivity index is 2.88. The minimum atomic E-state index is -0.511. The molecule has 0 atom stereocenters. The summed E-state index contributed by atoms with van der Waals surface area (Å²) >= 11 is 0. The van der Waals surface area contributed by atoms with Crippen LogP contribution in [0.25, 0.3) is 0 Å². The molecular weight excluding hydrogens is 278 g/mol. The third-order valence-electron chi connectivity index (χ3n) is 2.79. The van der Waals surface area contributed by atoms with Crippen LogP contribution in [0.1, 0.15) is 5.56 Å². The van der Waals surface area contributed by atoms with Gasteiger partial charge in [-0.15, -0.1) is 0 Å². The van der Waals surface area contributed by atoms with E-state index in [9.17, 15) is 9.59 Å². The topological polar surface area (TPSA) is 83.1 Å². The number of esters is 1. The van der Waals surface area contributed by atoms with Crippen LogP contribution < -0.4 is 19.5 Å². The van der Waals surface area contributed by atoms with Crippen LogP contribution in [0.5, 0.6) is 17.2 Å². The van der Waals surface area contributed by atoms with Crippen molar-refractivity contribution in [3.8, 4) is 17.2 Å². The van der Waals surface area contributed by atoms with Gasteiger partial charge in [-0.1, -0.05) is 6.07 Å². The van der Waals surface area contributed by atoms with E-state index in [1.165, 1.54) is 28.4 Å². The van der Waals surface area contributed by atoms with E-state index < -0.39 is 5.97 Å². The molecule has 0 unspecified atom stereocenters. The molecule has 0 aliphatic heterocycles. The Kier molecular flexibility index (Phi) is 6.32. The van der Waals surface area contributed by atoms with Crippen molar-refractivity contribution in [2.75, 3.05) is 35.0 Å². The summed E-state index contributed by atoms with van der Waals surface area (Å²) in [5, 5.41) is 2.46. The monoisotopic (exact) mass is 297 g/mol. The van der Waals surface area contributed by atoms with Crippen molar-refractivity contribution >= 4 is 11.9 Å². The van der Waals surface area contributed by atoms with E-state index in [1.54, 1.807) is 12.1 Å². The van der Waals surface area contributed by atoms with Crippen LogP contribution in [0, 0.1) is 0 Å². The van der Waals surface area contributed by atoms with Crippen molar-refractivity contribution in [2.45, 2.75) is 6.42 Å². The molecule has 1 N–H and O–H groups in total. The van der Waals surface area contributed by atoms with Crippen molar-refractivity contribution in [2.24, 2.45) is 0 Å². The Morgan fingerprint density at radius 3 is 2.19 bits per heavy atom. The van der Waals surface area contributed by atoms with Gasteiger partial charge in [-0.2, -0.15) is 0 Å². The van der Waals surface area contributed by atoms with Crippen LogP contribution in [-0.4, -0.2) is 46.9 Å². The smallest absolute Gasteiger partial charge is 0.325 e. The summed E-state index contributed by atoms with van der Waals surface area (Å²) < 4.78 is 20.1. The van der Waals surface area contributed by atoms with E-state index in [4.69, 9.17) is 14.2 Å². The third kappa shape index (κ3) is 4.27. The summed E-state index contributed by atoms with van der Waals surface area (Å²) in [5.41, 5.74) is 0.623. The molecule has 1 aromatic carbocycles. The lowest BCUT2D eigenvalue weighted by Crippen LogP contribution is -2.31. The van der Waals surface area contributed by atoms with Crippen molar-refractivity contribution in [1.29, 1.82) is 0 Å². The number of methoxy groups -OCH3 is 4. The van der Waals surface area contributed by atoms with Gasteiger partial charge in [-0.25, -0.2) is 0 Å². The molecular formula is C14H19NO6. The standard InChI is InChI=1S/C14H19NO6/c1-18-10-6-5-9(13(20-3)14(10)21-4)7-11(16)15-8-12(17)19-2/h5-6H,7-8H2,1-4H3,(H,15,16). The van der Waals surface area contributed by atoms with Gasteiger partial charge in [0.25, 0.3) is 0 Å². The Bertz CT molecular complexity index is 514. The predicted molar refractivity (Wildman–Crippen MR) is 74.8 cm³/mol. The summed E-state index contributed by atoms with van der Waals surface area (Å²) in [4.78, 5) is 22.8. The van der Waals surface area contributed by atoms with E-state index in [0.29, 0.717) is 22.8 Å². The highest BCUT2D eigenvalue weighted by molar-refractivity contribution is 5.84. The van der Waals surface area contributed by atoms with Crippen LogP contribution in [0.15, 0.2) is 12.1 Å². The summed E-state index contributed by atoms with van der Waals surface area (Å²) in [6, 6.07) is 3.39. The molecule has 1 aromatic rings. The number of carbonyl (C=O) groups excluding carboxylic acids is 2. The number of benzene rings is 1. The van der Waals surface area contributed by atoms with Crippen molar-refractivity contribution in [3.05, 3.63) is 17.7 Å². The highest BCUT2D eigenvalue weighted by Gasteiger charge is 2.18. The number of amides is 1. The first-order valence-corrected chi connectivity index (χ1v) is 6.18. The molecule has 0 aliphatic rings. The Labute approximate surface area is 123 Å². The highest BCUT2D eigenvalue weighted by Crippen LogP contribution is 2.39. The first-order valence-electron chi connectivity index (χ1n) is 6.18. The van der Waals surface area contributed by atoms with E-state index in [-0.39, 0.29) is 18.9 Å². The number of nitrogens with one attached hydrogen (secondary N) is 1. The van der Waals surface area contributed by atoms with E-state index in [0.717, 1.165) is 0 Å². The second-order valence-corrected chi connectivity index (χ2v) is 4.02. The fraction of sp³-hybridized carbons (Fsp3) is 0.429. The normalized spacial score (nSPS) is 9.71. The summed E-state index contributed by atoms with van der Waals surface area (Å²) in [6.07, 6.45) is 0.0422. The third-order valence-corrected chi connectivity index (χ3v) is 2.79. The van der Waals surface area contributed by atoms with Crippen LogP contribution in [-0.2, 0) is 20.7 Å². The van der Waals surface area contributed by atoms with E-state index in [2.05, 4.69) is 10.1 Å². The van der Waals surface area contributed by atoms with Gasteiger partial charge < -0.3 is 24.3 Å². The molecule has 0 bridgehead atoms. The van der Waals surface area contributed by atoms with Crippen LogP contribution in [0.3, 0.4) is 0 Å². The molecule has 7 heteroatoms. The molecule has 0 aliphatic carbocycles. The number of hydrogen-bond acceptors (Lipinski definition) is 6. The molecule has 0 heterocycles. The summed E-state index contributed by atoms with van der Waals surface area (Å²) in [7, 11) is 5.74. The number of rotatable bonds is 7. The minimum absolute atomic E-state index is 0.0422. The Morgan fingerprint density at radius 2 is 1.67 bits per heavy atom. The summed E-state index contributed by atoms with van der Waals surface area (Å²) in [6.45, 7) is -0.176. The lowest BCUT2D eigenvalue weighted by molar-refractivity contribution is -0.141. The second kappa shape index (κ2) is 7.98. The molecule has 0 radical (unpaired) electrons. The molecule has 1 rings (SSSR count). The van der Waals surface area contributed by atoms with Crippen molar-refractivity contribution in [3.63, 3.8) is 0 Å². The molecule has 0 saturated heterocycles. The maximum absolute atomic E-state index is 11.8. The Morgan fingerprint density at radius 1 is 1.00 bits per heavy atom. The van der Waals surface area contributed by atoms with Crippen LogP contribution in [0.2, 0.25) is 0 Å². The molecule has 21 heavy (non-hydrogen) atoms. The first kappa shape index (κ1) is 16.6. The maximum atomic E-state index is 11.8. The molecule has 116 valence electrons. The zero-order chi connectivity index (χ0) is 15.8. The zero-order valence-electron chi connectivity index (χ0n) is 12.5. The quantitative estimate of drug-likeness (QED) is 0.740. The SMILES string of the molecule is COC(=O)CNC(=O)Cc1ccc(OC)c(OC)c1OC. The maximum Gasteiger partial charge on any atom is 0.325 e. The van der Waals surface area contributed by atoms with Gasteiger partial charge in [-0.05, 0) is 6.07 Å². The predicted octanol–water partition coefficient (Wildman–Crippen LogP) is 0.544. The van der Waals surface area contributed by atoms with Gasteiger partial charge in [0.15, 0.2) is 11.5 Å². The van der Waals surface area contributed by atoms with Crippen molar-refractivity contribution < 1.29 is 28.5 Å². The number of carbonyl (C=O) groups is 2. The van der Waals surface area contributed by atoms with E-state index >= 15 is 0 Å². The van der Waals surface area contributed by atoms with Gasteiger partial charge >= 0.3 is 5.97 Å². The van der Waals surface area contributed by atoms with Gasteiger partial charge in [0.1, 0.15) is 6.54 Å². The lowest BCUT2D eigenvalue weighted by Gasteiger charge is -2.15. The highest BCUT2D eigenvalue weighted by atomic mass is 16.5. The first-order chi connectivity index (χ1) is 10.1. The Hall–Kier alpha value is -2.44.